The van der Waals surface area contributed by atoms with E-state index in [0.717, 1.165) is 24.3 Å². The molecule has 0 bridgehead atoms. The van der Waals surface area contributed by atoms with Crippen molar-refractivity contribution >= 4 is 60.0 Å². The van der Waals surface area contributed by atoms with E-state index in [1.54, 1.807) is 35.0 Å². The van der Waals surface area contributed by atoms with Crippen molar-refractivity contribution in [2.24, 2.45) is 17.6 Å². The van der Waals surface area contributed by atoms with Gasteiger partial charge in [0.05, 0.1) is 32.0 Å². The first-order valence-electron chi connectivity index (χ1n) is 21.9. The van der Waals surface area contributed by atoms with Gasteiger partial charge >= 0.3 is 11.9 Å². The number of carbonyl (C=O) groups excluding carboxylic acids is 7. The lowest BCUT2D eigenvalue weighted by Gasteiger charge is -2.17. The number of allylic oxidation sites excluding steroid dienone is 3. The van der Waals surface area contributed by atoms with E-state index >= 15 is 0 Å². The molecule has 65 heavy (non-hydrogen) atoms. The summed E-state index contributed by atoms with van der Waals surface area (Å²) in [7, 11) is 5.04. The molecule has 0 aliphatic rings. The van der Waals surface area contributed by atoms with E-state index in [1.807, 2.05) is 25.2 Å². The van der Waals surface area contributed by atoms with Crippen LogP contribution in [0.15, 0.2) is 23.8 Å². The van der Waals surface area contributed by atoms with Crippen molar-refractivity contribution in [1.82, 2.24) is 42.5 Å². The Morgan fingerprint density at radius 1 is 0.708 bits per heavy atom. The van der Waals surface area contributed by atoms with Crippen LogP contribution in [0.4, 0.5) is 0 Å². The van der Waals surface area contributed by atoms with Gasteiger partial charge in [-0.3, -0.25) is 43.8 Å². The molecular weight excluding hydrogens is 845 g/mol. The van der Waals surface area contributed by atoms with Crippen molar-refractivity contribution in [3.63, 3.8) is 0 Å². The van der Waals surface area contributed by atoms with Crippen LogP contribution in [0.1, 0.15) is 121 Å². The summed E-state index contributed by atoms with van der Waals surface area (Å²) >= 11 is 0. The monoisotopic (exact) mass is 931 g/mol. The summed E-state index contributed by atoms with van der Waals surface area (Å²) in [6.45, 7) is 19.5. The third kappa shape index (κ3) is 56.3. The van der Waals surface area contributed by atoms with Crippen molar-refractivity contribution in [2.75, 3.05) is 47.3 Å². The Bertz CT molecular complexity index is 1390. The second-order valence-corrected chi connectivity index (χ2v) is 14.6. The third-order valence-electron chi connectivity index (χ3n) is 7.22. The van der Waals surface area contributed by atoms with Gasteiger partial charge in [0.2, 0.25) is 35.4 Å². The number of aldehydes is 1. The van der Waals surface area contributed by atoms with Crippen molar-refractivity contribution in [3.8, 4) is 0 Å². The lowest BCUT2D eigenvalue weighted by molar-refractivity contribution is -0.138. The van der Waals surface area contributed by atoms with Crippen LogP contribution >= 0.6 is 0 Å². The van der Waals surface area contributed by atoms with Crippen LogP contribution in [0.2, 0.25) is 0 Å². The summed E-state index contributed by atoms with van der Waals surface area (Å²) in [6, 6.07) is -2.14. The molecule has 0 aliphatic carbocycles. The molecule has 4 unspecified atom stereocenters. The highest BCUT2D eigenvalue weighted by molar-refractivity contribution is 5.92. The largest absolute Gasteiger partial charge is 0.481 e. The number of rotatable bonds is 25. The van der Waals surface area contributed by atoms with Gasteiger partial charge in [0.1, 0.15) is 18.4 Å². The van der Waals surface area contributed by atoms with Gasteiger partial charge in [-0.15, -0.1) is 0 Å². The molecule has 0 radical (unpaired) electrons. The fourth-order valence-electron chi connectivity index (χ4n) is 4.00. The summed E-state index contributed by atoms with van der Waals surface area (Å²) in [5.74, 6) is -4.10. The minimum absolute atomic E-state index is 0.143. The molecule has 0 saturated heterocycles. The van der Waals surface area contributed by atoms with Gasteiger partial charge < -0.3 is 63.3 Å². The Labute approximate surface area is 388 Å². The Hall–Kier alpha value is -5.70. The predicted octanol–water partition coefficient (Wildman–Crippen LogP) is 1.76. The smallest absolute Gasteiger partial charge is 0.303 e. The van der Waals surface area contributed by atoms with E-state index in [1.165, 1.54) is 13.3 Å². The van der Waals surface area contributed by atoms with Gasteiger partial charge in [-0.1, -0.05) is 85.6 Å². The van der Waals surface area contributed by atoms with Gasteiger partial charge in [-0.25, -0.2) is 0 Å². The molecule has 378 valence electrons. The molecule has 0 aromatic heterocycles. The third-order valence-corrected chi connectivity index (χ3v) is 7.22. The van der Waals surface area contributed by atoms with Gasteiger partial charge in [0, 0.05) is 32.2 Å². The maximum absolute atomic E-state index is 12.0. The van der Waals surface area contributed by atoms with Gasteiger partial charge in [0.15, 0.2) is 0 Å². The van der Waals surface area contributed by atoms with E-state index in [0.29, 0.717) is 32.1 Å². The summed E-state index contributed by atoms with van der Waals surface area (Å²) in [6.07, 6.45) is 11.4. The number of nitrogens with two attached hydrogens (primary N) is 1. The molecule has 0 aliphatic heterocycles. The zero-order valence-corrected chi connectivity index (χ0v) is 41.4. The molecule has 0 spiro atoms. The van der Waals surface area contributed by atoms with Crippen molar-refractivity contribution in [3.05, 3.63) is 23.8 Å². The molecule has 4 atom stereocenters. The number of aliphatic carboxylic acids is 2. The van der Waals surface area contributed by atoms with Crippen molar-refractivity contribution in [1.29, 1.82) is 5.41 Å². The molecule has 0 fully saturated rings. The molecule has 6 amide bonds. The van der Waals surface area contributed by atoms with Crippen LogP contribution in [0.25, 0.3) is 0 Å². The molecule has 0 rings (SSSR count). The standard InChI is InChI=1S/C19H33N5O7.C14H25N3O2.C4H10.C3H6O2.C3H8.CH4N2/c1-12(6-7-17(28)29)18(30)21-9-15(26)23-13(2)19(31)22-10-16(27)24-14(11-25)5-4-8-20-3;1-5-7-8-11(6-2)9-12(14(19)16-4)17-13(18)10-15-3;1-4(2)3;1-2-3(4)5;1-3-2;2-1-3/h11-14,20H,4-10H2,1-3H3,(H,21,30)(H,22,31)(H,23,26)(H,24,27)(H,28,29);6-8,12,15H,5,9-10H2,1-4H3,(H,16,19)(H,17,18);4H,1-3H3;2H2,1H3,(H,4,5);3H2,1-2H3;1H,(H3,2,3)/b;8-7-,11-6+;;;;. The number of carboxylic acids is 2. The zero-order valence-electron chi connectivity index (χ0n) is 41.4. The molecule has 0 heterocycles. The SMILES string of the molecule is C/C=C(\C=C/CC)CC(NC(=O)CNC)C(=O)NC.CC(C)C.CCC.CCC(=O)O.CNCCCC(C=O)NC(=O)CNC(=O)C(C)NC(=O)CNC(=O)C(C)CCC(=O)O.N=CN. The summed E-state index contributed by atoms with van der Waals surface area (Å²) < 4.78 is 0. The van der Waals surface area contributed by atoms with Crippen LogP contribution in [0, 0.1) is 17.2 Å². The first-order valence-corrected chi connectivity index (χ1v) is 21.9. The lowest BCUT2D eigenvalue weighted by Crippen LogP contribution is -2.50. The van der Waals surface area contributed by atoms with E-state index < -0.39 is 59.6 Å². The van der Waals surface area contributed by atoms with Gasteiger partial charge in [-0.2, -0.15) is 0 Å². The maximum Gasteiger partial charge on any atom is 0.303 e. The second-order valence-electron chi connectivity index (χ2n) is 14.6. The predicted molar refractivity (Wildman–Crippen MR) is 256 cm³/mol. The highest BCUT2D eigenvalue weighted by atomic mass is 16.4. The normalized spacial score (nSPS) is 11.8. The Balaban J connectivity index is -0.000000214. The number of nitrogens with one attached hydrogen (secondary N) is 9. The van der Waals surface area contributed by atoms with Crippen LogP contribution in [-0.4, -0.2) is 136 Å². The quantitative estimate of drug-likeness (QED) is 0.0204. The molecule has 0 saturated carbocycles. The van der Waals surface area contributed by atoms with E-state index in [-0.39, 0.29) is 50.7 Å². The van der Waals surface area contributed by atoms with E-state index in [2.05, 4.69) is 89.8 Å². The minimum atomic E-state index is -1.01. The summed E-state index contributed by atoms with van der Waals surface area (Å²) in [5, 5.41) is 42.8. The number of likely N-dealkylation sites (N-methyl/N-ethyl adjacent to an activating group) is 2. The number of amides is 6. The van der Waals surface area contributed by atoms with Crippen LogP contribution in [-0.2, 0) is 43.2 Å². The van der Waals surface area contributed by atoms with Crippen LogP contribution in [0.3, 0.4) is 0 Å². The Kier molecular flexibility index (Phi) is 55.6. The average Bonchev–Trinajstić information content (AvgIpc) is 3.24. The van der Waals surface area contributed by atoms with E-state index in [4.69, 9.17) is 15.6 Å². The maximum atomic E-state index is 12.0. The first kappa shape index (κ1) is 70.9. The number of hydrogen-bond donors (Lipinski definition) is 12. The second kappa shape index (κ2) is 50.9. The van der Waals surface area contributed by atoms with E-state index in [9.17, 15) is 43.2 Å². The average molecular weight is 931 g/mol. The molecule has 13 N–H and O–H groups in total. The Morgan fingerprint density at radius 2 is 1.18 bits per heavy atom. The van der Waals surface area contributed by atoms with Gasteiger partial charge in [-0.05, 0) is 66.1 Å². The lowest BCUT2D eigenvalue weighted by atomic mass is 10.0. The molecule has 21 heteroatoms. The summed E-state index contributed by atoms with van der Waals surface area (Å²) in [5.41, 5.74) is 5.42. The van der Waals surface area contributed by atoms with Crippen LogP contribution in [0.5, 0.6) is 0 Å². The van der Waals surface area contributed by atoms with Crippen LogP contribution < -0.4 is 48.3 Å². The number of hydrogen-bond acceptors (Lipinski definition) is 12. The number of carbonyl (C=O) groups is 9. The molecular formula is C44H86N10O11. The topological polar surface area (TPSA) is 340 Å². The number of carboxylic acid groups (broad SMARTS) is 2. The zero-order chi connectivity index (χ0) is 51.8. The fourth-order valence-corrected chi connectivity index (χ4v) is 4.00. The minimum Gasteiger partial charge on any atom is -0.481 e. The Morgan fingerprint density at radius 3 is 1.58 bits per heavy atom. The molecule has 0 aromatic carbocycles. The van der Waals surface area contributed by atoms with Crippen molar-refractivity contribution in [2.45, 2.75) is 139 Å². The fraction of sp³-hybridized carbons (Fsp3) is 0.682. The highest BCUT2D eigenvalue weighted by Crippen LogP contribution is 2.09. The van der Waals surface area contributed by atoms with Crippen molar-refractivity contribution < 1.29 is 53.4 Å². The first-order chi connectivity index (χ1) is 30.5. The molecule has 21 nitrogen and oxygen atoms in total. The highest BCUT2D eigenvalue weighted by Gasteiger charge is 2.21. The molecule has 0 aromatic rings. The summed E-state index contributed by atoms with van der Waals surface area (Å²) in [4.78, 5) is 102. The van der Waals surface area contributed by atoms with Gasteiger partial charge in [0.25, 0.3) is 0 Å².